The zero-order valence-electron chi connectivity index (χ0n) is 15.0. The standard InChI is InChI=1S/C20H19N3O4S/c24-18(21-12-13-28(25,26)17-10-11-17)14-6-8-16(9-7-14)20-23-22-19(27-20)15-4-2-1-3-5-15/h1-9,17H,10-13H2,(H,21,24). The van der Waals surface area contributed by atoms with Crippen LogP contribution in [0.5, 0.6) is 0 Å². The molecule has 28 heavy (non-hydrogen) atoms. The molecule has 1 heterocycles. The van der Waals surface area contributed by atoms with E-state index in [4.69, 9.17) is 4.42 Å². The lowest BCUT2D eigenvalue weighted by atomic mass is 10.1. The van der Waals surface area contributed by atoms with E-state index in [1.807, 2.05) is 30.3 Å². The lowest BCUT2D eigenvalue weighted by molar-refractivity contribution is 0.0956. The molecule has 4 rings (SSSR count). The minimum absolute atomic E-state index is 0.0221. The highest BCUT2D eigenvalue weighted by atomic mass is 32.2. The van der Waals surface area contributed by atoms with E-state index in [2.05, 4.69) is 15.5 Å². The summed E-state index contributed by atoms with van der Waals surface area (Å²) in [6, 6.07) is 16.2. The van der Waals surface area contributed by atoms with Gasteiger partial charge >= 0.3 is 0 Å². The summed E-state index contributed by atoms with van der Waals surface area (Å²) in [4.78, 5) is 12.2. The van der Waals surface area contributed by atoms with Crippen LogP contribution in [0.4, 0.5) is 0 Å². The van der Waals surface area contributed by atoms with Gasteiger partial charge in [0, 0.05) is 23.2 Å². The number of sulfone groups is 1. The van der Waals surface area contributed by atoms with Gasteiger partial charge in [0.2, 0.25) is 11.8 Å². The van der Waals surface area contributed by atoms with E-state index >= 15 is 0 Å². The summed E-state index contributed by atoms with van der Waals surface area (Å²) in [6.07, 6.45) is 1.47. The highest BCUT2D eigenvalue weighted by Crippen LogP contribution is 2.28. The van der Waals surface area contributed by atoms with E-state index in [-0.39, 0.29) is 23.5 Å². The van der Waals surface area contributed by atoms with Gasteiger partial charge in [-0.1, -0.05) is 18.2 Å². The van der Waals surface area contributed by atoms with E-state index in [0.29, 0.717) is 22.9 Å². The second kappa shape index (κ2) is 7.55. The number of rotatable bonds is 7. The molecule has 1 amide bonds. The summed E-state index contributed by atoms with van der Waals surface area (Å²) >= 11 is 0. The molecule has 1 N–H and O–H groups in total. The second-order valence-electron chi connectivity index (χ2n) is 6.68. The van der Waals surface area contributed by atoms with E-state index in [1.54, 1.807) is 24.3 Å². The fourth-order valence-electron chi connectivity index (χ4n) is 2.80. The summed E-state index contributed by atoms with van der Waals surface area (Å²) in [5.74, 6) is 0.454. The van der Waals surface area contributed by atoms with Crippen molar-refractivity contribution in [2.24, 2.45) is 0 Å². The first-order valence-electron chi connectivity index (χ1n) is 9.02. The van der Waals surface area contributed by atoms with Crippen LogP contribution < -0.4 is 5.32 Å². The Hall–Kier alpha value is -3.00. The van der Waals surface area contributed by atoms with Crippen molar-refractivity contribution < 1.29 is 17.6 Å². The fraction of sp³-hybridized carbons (Fsp3) is 0.250. The van der Waals surface area contributed by atoms with Gasteiger partial charge in [-0.15, -0.1) is 10.2 Å². The minimum atomic E-state index is -3.07. The molecule has 8 heteroatoms. The third-order valence-electron chi connectivity index (χ3n) is 4.54. The maximum Gasteiger partial charge on any atom is 0.251 e. The summed E-state index contributed by atoms with van der Waals surface area (Å²) in [7, 11) is -3.07. The van der Waals surface area contributed by atoms with Crippen LogP contribution in [0, 0.1) is 0 Å². The minimum Gasteiger partial charge on any atom is -0.416 e. The van der Waals surface area contributed by atoms with Crippen molar-refractivity contribution in [3.63, 3.8) is 0 Å². The molecule has 1 saturated carbocycles. The Morgan fingerprint density at radius 3 is 2.18 bits per heavy atom. The molecule has 1 aliphatic carbocycles. The molecule has 144 valence electrons. The van der Waals surface area contributed by atoms with Crippen LogP contribution in [0.3, 0.4) is 0 Å². The van der Waals surface area contributed by atoms with Crippen LogP contribution in [0.2, 0.25) is 0 Å². The Bertz CT molecular complexity index is 1070. The van der Waals surface area contributed by atoms with Crippen molar-refractivity contribution in [2.75, 3.05) is 12.3 Å². The number of hydrogen-bond donors (Lipinski definition) is 1. The molecule has 1 fully saturated rings. The van der Waals surface area contributed by atoms with Crippen LogP contribution in [0.1, 0.15) is 23.2 Å². The monoisotopic (exact) mass is 397 g/mol. The molecule has 0 bridgehead atoms. The smallest absolute Gasteiger partial charge is 0.251 e. The molecular formula is C20H19N3O4S. The van der Waals surface area contributed by atoms with E-state index < -0.39 is 9.84 Å². The fourth-order valence-corrected chi connectivity index (χ4v) is 4.38. The lowest BCUT2D eigenvalue weighted by Crippen LogP contribution is -2.30. The summed E-state index contributed by atoms with van der Waals surface area (Å²) in [6.45, 7) is 0.115. The Morgan fingerprint density at radius 1 is 0.964 bits per heavy atom. The summed E-state index contributed by atoms with van der Waals surface area (Å²) < 4.78 is 29.4. The third-order valence-corrected chi connectivity index (χ3v) is 6.80. The van der Waals surface area contributed by atoms with Gasteiger partial charge in [0.1, 0.15) is 0 Å². The maximum absolute atomic E-state index is 12.2. The molecule has 0 spiro atoms. The van der Waals surface area contributed by atoms with Crippen LogP contribution in [-0.4, -0.2) is 42.1 Å². The number of nitrogens with zero attached hydrogens (tertiary/aromatic N) is 2. The predicted molar refractivity (Wildman–Crippen MR) is 104 cm³/mol. The van der Waals surface area contributed by atoms with Crippen LogP contribution >= 0.6 is 0 Å². The molecular weight excluding hydrogens is 378 g/mol. The topological polar surface area (TPSA) is 102 Å². The van der Waals surface area contributed by atoms with Crippen molar-refractivity contribution in [3.05, 3.63) is 60.2 Å². The van der Waals surface area contributed by atoms with Gasteiger partial charge in [-0.25, -0.2) is 8.42 Å². The molecule has 0 saturated heterocycles. The first kappa shape index (κ1) is 18.4. The van der Waals surface area contributed by atoms with Gasteiger partial charge in [0.15, 0.2) is 9.84 Å². The van der Waals surface area contributed by atoms with Gasteiger partial charge in [-0.05, 0) is 49.2 Å². The zero-order chi connectivity index (χ0) is 19.6. The Kier molecular flexibility index (Phi) is 4.95. The van der Waals surface area contributed by atoms with Gasteiger partial charge in [-0.3, -0.25) is 4.79 Å². The van der Waals surface area contributed by atoms with Crippen molar-refractivity contribution in [3.8, 4) is 22.9 Å². The van der Waals surface area contributed by atoms with Gasteiger partial charge in [-0.2, -0.15) is 0 Å². The number of carbonyl (C=O) groups is 1. The number of aromatic nitrogens is 2. The number of amides is 1. The van der Waals surface area contributed by atoms with Gasteiger partial charge < -0.3 is 9.73 Å². The van der Waals surface area contributed by atoms with E-state index in [1.165, 1.54) is 0 Å². The Labute approximate surface area is 162 Å². The summed E-state index contributed by atoms with van der Waals surface area (Å²) in [5.41, 5.74) is 1.97. The first-order valence-corrected chi connectivity index (χ1v) is 10.7. The second-order valence-corrected chi connectivity index (χ2v) is 9.08. The highest BCUT2D eigenvalue weighted by molar-refractivity contribution is 7.92. The molecule has 1 aromatic heterocycles. The average molecular weight is 397 g/mol. The van der Waals surface area contributed by atoms with E-state index in [0.717, 1.165) is 18.4 Å². The molecule has 7 nitrogen and oxygen atoms in total. The zero-order valence-corrected chi connectivity index (χ0v) is 15.9. The van der Waals surface area contributed by atoms with Gasteiger partial charge in [0.05, 0.1) is 11.0 Å². The Balaban J connectivity index is 1.38. The van der Waals surface area contributed by atoms with Crippen molar-refractivity contribution in [2.45, 2.75) is 18.1 Å². The summed E-state index contributed by atoms with van der Waals surface area (Å²) in [5, 5.41) is 10.5. The molecule has 3 aromatic rings. The molecule has 0 unspecified atom stereocenters. The van der Waals surface area contributed by atoms with Crippen molar-refractivity contribution in [1.82, 2.24) is 15.5 Å². The van der Waals surface area contributed by atoms with Gasteiger partial charge in [0.25, 0.3) is 5.91 Å². The van der Waals surface area contributed by atoms with Crippen LogP contribution in [-0.2, 0) is 9.84 Å². The normalized spacial score (nSPS) is 14.0. The molecule has 2 aromatic carbocycles. The quantitative estimate of drug-likeness (QED) is 0.658. The number of nitrogens with one attached hydrogen (secondary N) is 1. The van der Waals surface area contributed by atoms with Crippen LogP contribution in [0.15, 0.2) is 59.0 Å². The largest absolute Gasteiger partial charge is 0.416 e. The molecule has 1 aliphatic rings. The third kappa shape index (κ3) is 4.12. The molecule has 0 atom stereocenters. The van der Waals surface area contributed by atoms with Crippen molar-refractivity contribution in [1.29, 1.82) is 0 Å². The van der Waals surface area contributed by atoms with Crippen LogP contribution in [0.25, 0.3) is 22.9 Å². The van der Waals surface area contributed by atoms with E-state index in [9.17, 15) is 13.2 Å². The average Bonchev–Trinajstić information content (AvgIpc) is 3.47. The maximum atomic E-state index is 12.2. The first-order chi connectivity index (χ1) is 13.5. The lowest BCUT2D eigenvalue weighted by Gasteiger charge is -2.06. The SMILES string of the molecule is O=C(NCCS(=O)(=O)C1CC1)c1ccc(-c2nnc(-c3ccccc3)o2)cc1. The highest BCUT2D eigenvalue weighted by Gasteiger charge is 2.35. The van der Waals surface area contributed by atoms with Crippen molar-refractivity contribution >= 4 is 15.7 Å². The predicted octanol–water partition coefficient (Wildman–Crippen LogP) is 2.71. The number of hydrogen-bond acceptors (Lipinski definition) is 6. The number of carbonyl (C=O) groups excluding carboxylic acids is 1. The molecule has 0 aliphatic heterocycles. The molecule has 0 radical (unpaired) electrons. The Morgan fingerprint density at radius 2 is 1.57 bits per heavy atom. The number of benzene rings is 2.